The molecule has 2 rings (SSSR count). The molecule has 2 aliphatic rings. The Morgan fingerprint density at radius 2 is 1.72 bits per heavy atom. The van der Waals surface area contributed by atoms with E-state index in [0.29, 0.717) is 24.9 Å². The topological polar surface area (TPSA) is 29.5 Å². The smallest absolute Gasteiger partial charge is 0.337 e. The number of likely N-dealkylation sites (tertiary alicyclic amines) is 1. The van der Waals surface area contributed by atoms with Gasteiger partial charge in [-0.05, 0) is 31.1 Å². The quantitative estimate of drug-likeness (QED) is 0.781. The molecule has 1 heterocycles. The predicted molar refractivity (Wildman–Crippen MR) is 63.1 cm³/mol. The highest BCUT2D eigenvalue weighted by Gasteiger charge is 2.38. The van der Waals surface area contributed by atoms with Gasteiger partial charge in [0.25, 0.3) is 0 Å². The number of nitrogens with zero attached hydrogens (tertiary/aromatic N) is 1. The SMILES string of the molecule is CC1CC(C)CC(C(=O)N2CC(OC(F)F)C2)C1. The highest BCUT2D eigenvalue weighted by atomic mass is 19.3. The highest BCUT2D eigenvalue weighted by Crippen LogP contribution is 2.34. The molecule has 2 atom stereocenters. The zero-order valence-electron chi connectivity index (χ0n) is 10.9. The third-order valence-electron chi connectivity index (χ3n) is 3.98. The van der Waals surface area contributed by atoms with E-state index in [2.05, 4.69) is 18.6 Å². The van der Waals surface area contributed by atoms with Crippen molar-refractivity contribution in [3.63, 3.8) is 0 Å². The molecule has 0 aromatic carbocycles. The van der Waals surface area contributed by atoms with Gasteiger partial charge in [-0.25, -0.2) is 0 Å². The number of alkyl halides is 2. The molecule has 2 fully saturated rings. The molecule has 1 saturated heterocycles. The summed E-state index contributed by atoms with van der Waals surface area (Å²) < 4.78 is 28.3. The van der Waals surface area contributed by atoms with Gasteiger partial charge in [0.1, 0.15) is 0 Å². The maximum absolute atomic E-state index is 12.2. The van der Waals surface area contributed by atoms with Crippen LogP contribution in [0.2, 0.25) is 0 Å². The Morgan fingerprint density at radius 1 is 1.17 bits per heavy atom. The van der Waals surface area contributed by atoms with Gasteiger partial charge in [0.05, 0.1) is 6.10 Å². The summed E-state index contributed by atoms with van der Waals surface area (Å²) in [5, 5.41) is 0. The number of ether oxygens (including phenoxy) is 1. The van der Waals surface area contributed by atoms with Crippen molar-refractivity contribution < 1.29 is 18.3 Å². The minimum absolute atomic E-state index is 0.0799. The minimum atomic E-state index is -2.73. The first-order chi connectivity index (χ1) is 8.45. The Balaban J connectivity index is 1.79. The van der Waals surface area contributed by atoms with Crippen LogP contribution >= 0.6 is 0 Å². The van der Waals surface area contributed by atoms with E-state index < -0.39 is 12.7 Å². The largest absolute Gasteiger partial charge is 0.345 e. The Morgan fingerprint density at radius 3 is 2.22 bits per heavy atom. The van der Waals surface area contributed by atoms with Gasteiger partial charge in [-0.3, -0.25) is 4.79 Å². The van der Waals surface area contributed by atoms with Crippen LogP contribution in [0, 0.1) is 17.8 Å². The van der Waals surface area contributed by atoms with Crippen molar-refractivity contribution >= 4 is 5.91 Å². The summed E-state index contributed by atoms with van der Waals surface area (Å²) in [5.41, 5.74) is 0. The Labute approximate surface area is 106 Å². The molecule has 1 aliphatic carbocycles. The number of rotatable bonds is 3. The van der Waals surface area contributed by atoms with Crippen molar-refractivity contribution in [2.75, 3.05) is 13.1 Å². The third-order valence-corrected chi connectivity index (χ3v) is 3.98. The van der Waals surface area contributed by atoms with Crippen LogP contribution in [0.5, 0.6) is 0 Å². The fourth-order valence-electron chi connectivity index (χ4n) is 3.26. The number of amides is 1. The van der Waals surface area contributed by atoms with Crippen molar-refractivity contribution in [2.45, 2.75) is 45.8 Å². The van der Waals surface area contributed by atoms with E-state index in [-0.39, 0.29) is 11.8 Å². The summed E-state index contributed by atoms with van der Waals surface area (Å²) in [6.45, 7) is 2.26. The molecule has 1 amide bonds. The summed E-state index contributed by atoms with van der Waals surface area (Å²) in [6.07, 6.45) is 2.56. The van der Waals surface area contributed by atoms with Crippen LogP contribution in [0.25, 0.3) is 0 Å². The molecule has 104 valence electrons. The summed E-state index contributed by atoms with van der Waals surface area (Å²) in [7, 11) is 0. The molecule has 3 nitrogen and oxygen atoms in total. The summed E-state index contributed by atoms with van der Waals surface area (Å²) in [6, 6.07) is 0. The van der Waals surface area contributed by atoms with Crippen molar-refractivity contribution in [1.29, 1.82) is 0 Å². The van der Waals surface area contributed by atoms with Crippen LogP contribution in [-0.2, 0) is 9.53 Å². The summed E-state index contributed by atoms with van der Waals surface area (Å²) in [4.78, 5) is 13.8. The predicted octanol–water partition coefficient (Wildman–Crippen LogP) is 2.51. The molecule has 0 N–H and O–H groups in total. The van der Waals surface area contributed by atoms with E-state index in [1.54, 1.807) is 4.90 Å². The first-order valence-electron chi connectivity index (χ1n) is 6.68. The van der Waals surface area contributed by atoms with Gasteiger partial charge in [0.15, 0.2) is 0 Å². The minimum Gasteiger partial charge on any atom is -0.337 e. The fraction of sp³-hybridized carbons (Fsp3) is 0.923. The zero-order valence-corrected chi connectivity index (χ0v) is 10.9. The zero-order chi connectivity index (χ0) is 13.3. The third kappa shape index (κ3) is 3.19. The van der Waals surface area contributed by atoms with E-state index in [0.717, 1.165) is 12.8 Å². The maximum Gasteiger partial charge on any atom is 0.345 e. The number of halogens is 2. The van der Waals surface area contributed by atoms with Crippen LogP contribution in [0.3, 0.4) is 0 Å². The summed E-state index contributed by atoms with van der Waals surface area (Å²) in [5.74, 6) is 1.37. The molecule has 5 heteroatoms. The average Bonchev–Trinajstić information content (AvgIpc) is 2.20. The maximum atomic E-state index is 12.2. The molecule has 0 aromatic heterocycles. The van der Waals surface area contributed by atoms with Gasteiger partial charge < -0.3 is 9.64 Å². The normalized spacial score (nSPS) is 33.6. The van der Waals surface area contributed by atoms with Crippen LogP contribution in [-0.4, -0.2) is 36.6 Å². The molecule has 2 unspecified atom stereocenters. The molecular weight excluding hydrogens is 240 g/mol. The van der Waals surface area contributed by atoms with Crippen LogP contribution in [0.1, 0.15) is 33.1 Å². The molecule has 18 heavy (non-hydrogen) atoms. The molecule has 0 spiro atoms. The second-order valence-corrected chi connectivity index (χ2v) is 5.88. The van der Waals surface area contributed by atoms with Crippen molar-refractivity contribution in [3.8, 4) is 0 Å². The average molecular weight is 261 g/mol. The van der Waals surface area contributed by atoms with E-state index >= 15 is 0 Å². The lowest BCUT2D eigenvalue weighted by molar-refractivity contribution is -0.200. The van der Waals surface area contributed by atoms with Gasteiger partial charge in [-0.15, -0.1) is 0 Å². The molecule has 0 bridgehead atoms. The van der Waals surface area contributed by atoms with E-state index in [4.69, 9.17) is 0 Å². The van der Waals surface area contributed by atoms with E-state index in [1.165, 1.54) is 6.42 Å². The molecule has 1 aliphatic heterocycles. The van der Waals surface area contributed by atoms with Crippen molar-refractivity contribution in [2.24, 2.45) is 17.8 Å². The second kappa shape index (κ2) is 5.51. The molecule has 0 aromatic rings. The Bertz CT molecular complexity index is 295. The highest BCUT2D eigenvalue weighted by molar-refractivity contribution is 5.79. The molecular formula is C13H21F2NO2. The van der Waals surface area contributed by atoms with E-state index in [9.17, 15) is 13.6 Å². The monoisotopic (exact) mass is 261 g/mol. The second-order valence-electron chi connectivity index (χ2n) is 5.88. The Hall–Kier alpha value is -0.710. The van der Waals surface area contributed by atoms with Gasteiger partial charge in [-0.2, -0.15) is 8.78 Å². The standard InChI is InChI=1S/C13H21F2NO2/c1-8-3-9(2)5-10(4-8)12(17)16-6-11(7-16)18-13(14)15/h8-11,13H,3-7H2,1-2H3. The number of hydrogen-bond donors (Lipinski definition) is 0. The van der Waals surface area contributed by atoms with Gasteiger partial charge in [0, 0.05) is 19.0 Å². The fourth-order valence-corrected chi connectivity index (χ4v) is 3.26. The number of carbonyl (C=O) groups excluding carboxylic acids is 1. The van der Waals surface area contributed by atoms with Gasteiger partial charge in [-0.1, -0.05) is 13.8 Å². The Kier molecular flexibility index (Phi) is 4.20. The van der Waals surface area contributed by atoms with Gasteiger partial charge >= 0.3 is 6.61 Å². The van der Waals surface area contributed by atoms with Crippen molar-refractivity contribution in [3.05, 3.63) is 0 Å². The van der Waals surface area contributed by atoms with E-state index in [1.807, 2.05) is 0 Å². The van der Waals surface area contributed by atoms with Crippen LogP contribution in [0.15, 0.2) is 0 Å². The lowest BCUT2D eigenvalue weighted by atomic mass is 9.76. The molecule has 0 radical (unpaired) electrons. The number of hydrogen-bond acceptors (Lipinski definition) is 2. The van der Waals surface area contributed by atoms with Gasteiger partial charge in [0.2, 0.25) is 5.91 Å². The van der Waals surface area contributed by atoms with Crippen LogP contribution in [0.4, 0.5) is 8.78 Å². The first kappa shape index (κ1) is 13.7. The lowest BCUT2D eigenvalue weighted by Gasteiger charge is -2.42. The summed E-state index contributed by atoms with van der Waals surface area (Å²) >= 11 is 0. The number of carbonyl (C=O) groups is 1. The first-order valence-corrected chi connectivity index (χ1v) is 6.68. The lowest BCUT2D eigenvalue weighted by Crippen LogP contribution is -2.57. The van der Waals surface area contributed by atoms with Crippen molar-refractivity contribution in [1.82, 2.24) is 4.90 Å². The molecule has 1 saturated carbocycles. The van der Waals surface area contributed by atoms with Crippen LogP contribution < -0.4 is 0 Å².